The number of benzene rings is 2. The maximum absolute atomic E-state index is 10.5. The smallest absolute Gasteiger partial charge is 0.118 e. The Labute approximate surface area is 142 Å². The fraction of sp³-hybridized carbons (Fsp3) is 0.350. The van der Waals surface area contributed by atoms with Gasteiger partial charge in [-0.05, 0) is 48.2 Å². The fourth-order valence-corrected chi connectivity index (χ4v) is 2.86. The predicted octanol–water partition coefficient (Wildman–Crippen LogP) is 3.26. The van der Waals surface area contributed by atoms with Crippen molar-refractivity contribution in [1.82, 2.24) is 4.90 Å². The van der Waals surface area contributed by atoms with Gasteiger partial charge in [-0.25, -0.2) is 0 Å². The third-order valence-electron chi connectivity index (χ3n) is 4.44. The van der Waals surface area contributed by atoms with E-state index < -0.39 is 6.10 Å². The van der Waals surface area contributed by atoms with Crippen LogP contribution in [0.5, 0.6) is 5.75 Å². The van der Waals surface area contributed by atoms with Crippen molar-refractivity contribution in [3.05, 3.63) is 65.2 Å². The second-order valence-corrected chi connectivity index (χ2v) is 6.26. The van der Waals surface area contributed by atoms with E-state index in [0.717, 1.165) is 17.9 Å². The summed E-state index contributed by atoms with van der Waals surface area (Å²) in [5.41, 5.74) is 2.69. The maximum Gasteiger partial charge on any atom is 0.118 e. The number of rotatable bonds is 7. The number of nitriles is 1. The topological polar surface area (TPSA) is 56.5 Å². The number of hydrogen-bond acceptors (Lipinski definition) is 4. The van der Waals surface area contributed by atoms with Crippen molar-refractivity contribution in [2.75, 3.05) is 13.7 Å². The Morgan fingerprint density at radius 1 is 1.17 bits per heavy atom. The number of nitrogens with zero attached hydrogens (tertiary/aromatic N) is 2. The Morgan fingerprint density at radius 2 is 1.83 bits per heavy atom. The molecule has 4 heteroatoms. The van der Waals surface area contributed by atoms with Crippen LogP contribution in [0.15, 0.2) is 48.5 Å². The Kier molecular flexibility index (Phi) is 5.14. The highest BCUT2D eigenvalue weighted by Crippen LogP contribution is 2.30. The van der Waals surface area contributed by atoms with Gasteiger partial charge < -0.3 is 9.84 Å². The molecule has 24 heavy (non-hydrogen) atoms. The Hall–Kier alpha value is -2.35. The lowest BCUT2D eigenvalue weighted by Crippen LogP contribution is -2.30. The Bertz CT molecular complexity index is 700. The molecule has 0 heterocycles. The zero-order chi connectivity index (χ0) is 16.9. The summed E-state index contributed by atoms with van der Waals surface area (Å²) < 4.78 is 5.20. The van der Waals surface area contributed by atoms with E-state index in [9.17, 15) is 5.11 Å². The van der Waals surface area contributed by atoms with Gasteiger partial charge in [-0.1, -0.05) is 24.3 Å². The third-order valence-corrected chi connectivity index (χ3v) is 4.44. The highest BCUT2D eigenvalue weighted by atomic mass is 16.5. The Morgan fingerprint density at radius 3 is 2.38 bits per heavy atom. The molecular weight excluding hydrogens is 300 g/mol. The highest BCUT2D eigenvalue weighted by molar-refractivity contribution is 5.32. The molecule has 0 aliphatic heterocycles. The molecule has 0 bridgehead atoms. The summed E-state index contributed by atoms with van der Waals surface area (Å²) in [5.74, 6) is 0.856. The SMILES string of the molecule is COc1ccc(CN(CC(O)c2ccc(C#N)cc2)C2CC2)cc1. The molecular formula is C20H22N2O2. The van der Waals surface area contributed by atoms with Crippen LogP contribution in [0.25, 0.3) is 0 Å². The van der Waals surface area contributed by atoms with Crippen molar-refractivity contribution in [1.29, 1.82) is 5.26 Å². The maximum atomic E-state index is 10.5. The van der Waals surface area contributed by atoms with Crippen molar-refractivity contribution in [2.45, 2.75) is 31.5 Å². The van der Waals surface area contributed by atoms with Gasteiger partial charge in [-0.3, -0.25) is 4.90 Å². The van der Waals surface area contributed by atoms with Crippen LogP contribution in [-0.4, -0.2) is 29.7 Å². The lowest BCUT2D eigenvalue weighted by molar-refractivity contribution is 0.104. The largest absolute Gasteiger partial charge is 0.497 e. The molecule has 2 aromatic carbocycles. The minimum atomic E-state index is -0.545. The first-order valence-corrected chi connectivity index (χ1v) is 8.24. The molecule has 1 unspecified atom stereocenters. The summed E-state index contributed by atoms with van der Waals surface area (Å²) in [7, 11) is 1.67. The van der Waals surface area contributed by atoms with E-state index in [0.29, 0.717) is 18.2 Å². The van der Waals surface area contributed by atoms with E-state index >= 15 is 0 Å². The van der Waals surface area contributed by atoms with Gasteiger partial charge in [-0.2, -0.15) is 5.26 Å². The number of methoxy groups -OCH3 is 1. The minimum Gasteiger partial charge on any atom is -0.497 e. The molecule has 4 nitrogen and oxygen atoms in total. The van der Waals surface area contributed by atoms with Gasteiger partial charge in [0.25, 0.3) is 0 Å². The zero-order valence-electron chi connectivity index (χ0n) is 13.9. The molecule has 1 saturated carbocycles. The first kappa shape index (κ1) is 16.5. The second kappa shape index (κ2) is 7.48. The van der Waals surface area contributed by atoms with Gasteiger partial charge in [0.2, 0.25) is 0 Å². The van der Waals surface area contributed by atoms with Crippen LogP contribution in [-0.2, 0) is 6.54 Å². The lowest BCUT2D eigenvalue weighted by Gasteiger charge is -2.25. The number of aliphatic hydroxyl groups is 1. The first-order valence-electron chi connectivity index (χ1n) is 8.24. The molecule has 3 rings (SSSR count). The van der Waals surface area contributed by atoms with E-state index in [1.807, 2.05) is 24.3 Å². The van der Waals surface area contributed by atoms with Crippen LogP contribution in [0.3, 0.4) is 0 Å². The first-order chi connectivity index (χ1) is 11.7. The summed E-state index contributed by atoms with van der Waals surface area (Å²) >= 11 is 0. The van der Waals surface area contributed by atoms with Gasteiger partial charge in [0.15, 0.2) is 0 Å². The summed E-state index contributed by atoms with van der Waals surface area (Å²) in [6.45, 7) is 1.42. The molecule has 0 aromatic heterocycles. The van der Waals surface area contributed by atoms with Gasteiger partial charge in [0.1, 0.15) is 5.75 Å². The van der Waals surface area contributed by atoms with Gasteiger partial charge in [-0.15, -0.1) is 0 Å². The van der Waals surface area contributed by atoms with E-state index in [2.05, 4.69) is 23.1 Å². The monoisotopic (exact) mass is 322 g/mol. The minimum absolute atomic E-state index is 0.545. The molecule has 0 radical (unpaired) electrons. The van der Waals surface area contributed by atoms with Crippen molar-refractivity contribution >= 4 is 0 Å². The van der Waals surface area contributed by atoms with Crippen molar-refractivity contribution < 1.29 is 9.84 Å². The van der Waals surface area contributed by atoms with E-state index in [-0.39, 0.29) is 0 Å². The van der Waals surface area contributed by atoms with E-state index in [1.165, 1.54) is 18.4 Å². The van der Waals surface area contributed by atoms with E-state index in [1.54, 1.807) is 19.2 Å². The zero-order valence-corrected chi connectivity index (χ0v) is 13.9. The average Bonchev–Trinajstić information content (AvgIpc) is 3.47. The molecule has 1 aliphatic carbocycles. The predicted molar refractivity (Wildman–Crippen MR) is 92.5 cm³/mol. The molecule has 1 N–H and O–H groups in total. The van der Waals surface area contributed by atoms with Crippen LogP contribution in [0.1, 0.15) is 35.6 Å². The van der Waals surface area contributed by atoms with Gasteiger partial charge >= 0.3 is 0 Å². The highest BCUT2D eigenvalue weighted by Gasteiger charge is 2.30. The van der Waals surface area contributed by atoms with E-state index in [4.69, 9.17) is 10.00 Å². The molecule has 124 valence electrons. The molecule has 0 saturated heterocycles. The standard InChI is InChI=1S/C20H22N2O2/c1-24-19-10-4-16(5-11-19)13-22(18-8-9-18)14-20(23)17-6-2-15(12-21)3-7-17/h2-7,10-11,18,20,23H,8-9,13-14H2,1H3. The third kappa shape index (κ3) is 4.14. The summed E-state index contributed by atoms with van der Waals surface area (Å²) in [6, 6.07) is 17.9. The number of hydrogen-bond donors (Lipinski definition) is 1. The fourth-order valence-electron chi connectivity index (χ4n) is 2.86. The van der Waals surface area contributed by atoms with Crippen LogP contribution in [0, 0.1) is 11.3 Å². The van der Waals surface area contributed by atoms with Crippen LogP contribution < -0.4 is 4.74 Å². The number of ether oxygens (including phenoxy) is 1. The number of aliphatic hydroxyl groups excluding tert-OH is 1. The van der Waals surface area contributed by atoms with Crippen molar-refractivity contribution in [3.63, 3.8) is 0 Å². The van der Waals surface area contributed by atoms with Crippen LogP contribution in [0.4, 0.5) is 0 Å². The average molecular weight is 322 g/mol. The Balaban J connectivity index is 1.65. The normalized spacial score (nSPS) is 15.1. The quantitative estimate of drug-likeness (QED) is 0.850. The molecule has 0 amide bonds. The lowest BCUT2D eigenvalue weighted by atomic mass is 10.1. The molecule has 1 atom stereocenters. The summed E-state index contributed by atoms with van der Waals surface area (Å²) in [6.07, 6.45) is 1.84. The van der Waals surface area contributed by atoms with Crippen molar-refractivity contribution in [3.8, 4) is 11.8 Å². The van der Waals surface area contributed by atoms with Crippen LogP contribution in [0.2, 0.25) is 0 Å². The molecule has 1 aliphatic rings. The van der Waals surface area contributed by atoms with Crippen LogP contribution >= 0.6 is 0 Å². The molecule has 0 spiro atoms. The summed E-state index contributed by atoms with van der Waals surface area (Å²) in [5, 5.41) is 19.4. The van der Waals surface area contributed by atoms with Gasteiger partial charge in [0, 0.05) is 19.1 Å². The second-order valence-electron chi connectivity index (χ2n) is 6.26. The summed E-state index contributed by atoms with van der Waals surface area (Å²) in [4.78, 5) is 2.34. The molecule has 2 aromatic rings. The molecule has 1 fully saturated rings. The van der Waals surface area contributed by atoms with Crippen molar-refractivity contribution in [2.24, 2.45) is 0 Å². The van der Waals surface area contributed by atoms with Gasteiger partial charge in [0.05, 0.1) is 24.8 Å².